The van der Waals surface area contributed by atoms with Gasteiger partial charge in [0.05, 0.1) is 0 Å². The van der Waals surface area contributed by atoms with Gasteiger partial charge in [-0.15, -0.1) is 0 Å². The molecule has 0 radical (unpaired) electrons. The number of carbonyl (C=O) groups is 2. The summed E-state index contributed by atoms with van der Waals surface area (Å²) in [5.74, 6) is -0.434. The highest BCUT2D eigenvalue weighted by molar-refractivity contribution is 5.84. The summed E-state index contributed by atoms with van der Waals surface area (Å²) in [6, 6.07) is 0.183. The van der Waals surface area contributed by atoms with Gasteiger partial charge in [0.2, 0.25) is 0 Å². The van der Waals surface area contributed by atoms with Gasteiger partial charge in [0.15, 0.2) is 12.2 Å². The topological polar surface area (TPSA) is 75.6 Å². The van der Waals surface area contributed by atoms with Crippen LogP contribution < -0.4 is 5.32 Å². The van der Waals surface area contributed by atoms with Gasteiger partial charge in [-0.25, -0.2) is 4.79 Å². The highest BCUT2D eigenvalue weighted by atomic mass is 16.6. The van der Waals surface area contributed by atoms with Crippen LogP contribution >= 0.6 is 0 Å². The number of carbonyl (C=O) groups excluding carboxylic acids is 2. The largest absolute Gasteiger partial charge is 0.453 e. The van der Waals surface area contributed by atoms with E-state index >= 15 is 0 Å². The third-order valence-electron chi connectivity index (χ3n) is 4.85. The van der Waals surface area contributed by atoms with Gasteiger partial charge < -0.3 is 15.2 Å². The summed E-state index contributed by atoms with van der Waals surface area (Å²) in [7, 11) is 0. The number of hydrogen-bond acceptors (Lipinski definition) is 4. The van der Waals surface area contributed by atoms with Crippen LogP contribution in [0.5, 0.6) is 0 Å². The summed E-state index contributed by atoms with van der Waals surface area (Å²) in [6.07, 6.45) is 8.05. The van der Waals surface area contributed by atoms with E-state index in [4.69, 9.17) is 4.74 Å². The second kappa shape index (κ2) is 7.25. The molecule has 2 fully saturated rings. The average Bonchev–Trinajstić information content (AvgIpc) is 2.48. The molecule has 120 valence electrons. The summed E-state index contributed by atoms with van der Waals surface area (Å²) < 4.78 is 5.02. The van der Waals surface area contributed by atoms with Crippen molar-refractivity contribution in [3.8, 4) is 0 Å². The van der Waals surface area contributed by atoms with Crippen molar-refractivity contribution in [1.29, 1.82) is 0 Å². The molecule has 2 N–H and O–H groups in total. The van der Waals surface area contributed by atoms with E-state index < -0.39 is 11.6 Å². The van der Waals surface area contributed by atoms with Crippen molar-refractivity contribution < 1.29 is 19.4 Å². The molecular formula is C16H27NO4. The molecule has 2 aliphatic rings. The molecule has 2 saturated carbocycles. The molecule has 0 saturated heterocycles. The molecule has 1 amide bonds. The van der Waals surface area contributed by atoms with Crippen LogP contribution in [0.4, 0.5) is 0 Å². The Hall–Kier alpha value is -1.10. The molecule has 2 aliphatic carbocycles. The lowest BCUT2D eigenvalue weighted by Gasteiger charge is -2.30. The second-order valence-electron chi connectivity index (χ2n) is 6.60. The molecule has 21 heavy (non-hydrogen) atoms. The summed E-state index contributed by atoms with van der Waals surface area (Å²) in [5.41, 5.74) is -1.38. The van der Waals surface area contributed by atoms with E-state index in [0.717, 1.165) is 38.5 Å². The van der Waals surface area contributed by atoms with E-state index in [1.807, 2.05) is 0 Å². The maximum atomic E-state index is 11.9. The van der Waals surface area contributed by atoms with E-state index in [1.54, 1.807) is 0 Å². The number of hydrogen-bond donors (Lipinski definition) is 2. The molecule has 5 heteroatoms. The molecule has 0 spiro atoms. The first-order chi connectivity index (χ1) is 10.0. The van der Waals surface area contributed by atoms with Crippen molar-refractivity contribution in [2.24, 2.45) is 5.92 Å². The molecule has 0 aromatic carbocycles. The summed E-state index contributed by atoms with van der Waals surface area (Å²) in [5, 5.41) is 13.2. The molecule has 2 rings (SSSR count). The Morgan fingerprint density at radius 1 is 1.14 bits per heavy atom. The van der Waals surface area contributed by atoms with Gasteiger partial charge in [-0.3, -0.25) is 4.79 Å². The maximum Gasteiger partial charge on any atom is 0.338 e. The highest BCUT2D eigenvalue weighted by Gasteiger charge is 2.39. The Labute approximate surface area is 126 Å². The average molecular weight is 297 g/mol. The Balaban J connectivity index is 1.74. The van der Waals surface area contributed by atoms with Crippen LogP contribution in [0, 0.1) is 5.92 Å². The first-order valence-electron chi connectivity index (χ1n) is 8.20. The molecule has 0 aromatic heterocycles. The van der Waals surface area contributed by atoms with E-state index in [0.29, 0.717) is 18.8 Å². The van der Waals surface area contributed by atoms with Crippen LogP contribution in [-0.2, 0) is 14.3 Å². The quantitative estimate of drug-likeness (QED) is 0.777. The third kappa shape index (κ3) is 4.43. The Morgan fingerprint density at radius 3 is 2.48 bits per heavy atom. The van der Waals surface area contributed by atoms with Crippen LogP contribution in [0.3, 0.4) is 0 Å². The standard InChI is InChI=1S/C16H27NO4/c1-12-7-3-4-8-13(12)17-14(18)11-21-15(19)16(20)9-5-2-6-10-16/h12-13,20H,2-11H2,1H3,(H,17,18)/t12-,13+/m1/s1. The monoisotopic (exact) mass is 297 g/mol. The van der Waals surface area contributed by atoms with Crippen molar-refractivity contribution in [2.45, 2.75) is 76.4 Å². The molecule has 0 heterocycles. The molecular weight excluding hydrogens is 270 g/mol. The van der Waals surface area contributed by atoms with Crippen molar-refractivity contribution in [2.75, 3.05) is 6.61 Å². The van der Waals surface area contributed by atoms with Gasteiger partial charge in [-0.2, -0.15) is 0 Å². The van der Waals surface area contributed by atoms with Crippen LogP contribution in [0.2, 0.25) is 0 Å². The predicted molar refractivity (Wildman–Crippen MR) is 78.6 cm³/mol. The van der Waals surface area contributed by atoms with Crippen LogP contribution in [0.1, 0.15) is 64.7 Å². The SMILES string of the molecule is C[C@@H]1CCCC[C@@H]1NC(=O)COC(=O)C1(O)CCCCC1. The minimum atomic E-state index is -1.38. The lowest BCUT2D eigenvalue weighted by Crippen LogP contribution is -2.46. The van der Waals surface area contributed by atoms with Gasteiger partial charge >= 0.3 is 5.97 Å². The number of amides is 1. The van der Waals surface area contributed by atoms with Crippen molar-refractivity contribution in [3.05, 3.63) is 0 Å². The first-order valence-corrected chi connectivity index (χ1v) is 8.20. The van der Waals surface area contributed by atoms with E-state index in [-0.39, 0.29) is 18.6 Å². The van der Waals surface area contributed by atoms with E-state index in [2.05, 4.69) is 12.2 Å². The fraction of sp³-hybridized carbons (Fsp3) is 0.875. The number of nitrogens with one attached hydrogen (secondary N) is 1. The normalized spacial score (nSPS) is 28.7. The number of ether oxygens (including phenoxy) is 1. The summed E-state index contributed by atoms with van der Waals surface area (Å²) >= 11 is 0. The van der Waals surface area contributed by atoms with Gasteiger partial charge in [0, 0.05) is 6.04 Å². The zero-order valence-electron chi connectivity index (χ0n) is 12.9. The second-order valence-corrected chi connectivity index (χ2v) is 6.60. The molecule has 0 unspecified atom stereocenters. The van der Waals surface area contributed by atoms with Crippen molar-refractivity contribution >= 4 is 11.9 Å². The minimum absolute atomic E-state index is 0.183. The van der Waals surface area contributed by atoms with Crippen LogP contribution in [0.15, 0.2) is 0 Å². The maximum absolute atomic E-state index is 11.9. The zero-order chi connectivity index (χ0) is 15.3. The lowest BCUT2D eigenvalue weighted by molar-refractivity contribution is -0.170. The van der Waals surface area contributed by atoms with E-state index in [9.17, 15) is 14.7 Å². The fourth-order valence-corrected chi connectivity index (χ4v) is 3.39. The number of aliphatic hydroxyl groups is 1. The highest BCUT2D eigenvalue weighted by Crippen LogP contribution is 2.29. The van der Waals surface area contributed by atoms with Crippen molar-refractivity contribution in [1.82, 2.24) is 5.32 Å². The Kier molecular flexibility index (Phi) is 5.62. The summed E-state index contributed by atoms with van der Waals surface area (Å²) in [4.78, 5) is 23.8. The van der Waals surface area contributed by atoms with Gasteiger partial charge in [-0.05, 0) is 44.4 Å². The molecule has 5 nitrogen and oxygen atoms in total. The Morgan fingerprint density at radius 2 is 1.81 bits per heavy atom. The smallest absolute Gasteiger partial charge is 0.338 e. The minimum Gasteiger partial charge on any atom is -0.453 e. The van der Waals surface area contributed by atoms with Gasteiger partial charge in [0.1, 0.15) is 0 Å². The van der Waals surface area contributed by atoms with Crippen molar-refractivity contribution in [3.63, 3.8) is 0 Å². The molecule has 0 aliphatic heterocycles. The summed E-state index contributed by atoms with van der Waals surface area (Å²) in [6.45, 7) is 1.85. The molecule has 0 aromatic rings. The predicted octanol–water partition coefficient (Wildman–Crippen LogP) is 1.92. The van der Waals surface area contributed by atoms with Gasteiger partial charge in [-0.1, -0.05) is 26.2 Å². The van der Waals surface area contributed by atoms with Crippen LogP contribution in [0.25, 0.3) is 0 Å². The van der Waals surface area contributed by atoms with E-state index in [1.165, 1.54) is 6.42 Å². The number of esters is 1. The van der Waals surface area contributed by atoms with Crippen LogP contribution in [-0.4, -0.2) is 35.2 Å². The molecule has 0 bridgehead atoms. The third-order valence-corrected chi connectivity index (χ3v) is 4.85. The fourth-order valence-electron chi connectivity index (χ4n) is 3.39. The zero-order valence-corrected chi connectivity index (χ0v) is 12.9. The first kappa shape index (κ1) is 16.3. The lowest BCUT2D eigenvalue weighted by atomic mass is 9.85. The van der Waals surface area contributed by atoms with Gasteiger partial charge in [0.25, 0.3) is 5.91 Å². The Bertz CT molecular complexity index is 376. The molecule has 2 atom stereocenters. The number of rotatable bonds is 4.